The number of carbonyl (C=O) groups excluding carboxylic acids is 1. The second kappa shape index (κ2) is 5.98. The van der Waals surface area contributed by atoms with Gasteiger partial charge in [-0.2, -0.15) is 0 Å². The average molecular weight is 248 g/mol. The number of hydrogen-bond donors (Lipinski definition) is 2. The van der Waals surface area contributed by atoms with E-state index in [9.17, 15) is 9.90 Å². The highest BCUT2D eigenvalue weighted by molar-refractivity contribution is 5.82. The Morgan fingerprint density at radius 2 is 2.17 bits per heavy atom. The number of carbonyl (C=O) groups is 1. The maximum absolute atomic E-state index is 11.9. The summed E-state index contributed by atoms with van der Waals surface area (Å²) in [5.41, 5.74) is 0.638. The first-order valence-corrected chi connectivity index (χ1v) is 6.39. The summed E-state index contributed by atoms with van der Waals surface area (Å²) >= 11 is 0. The average Bonchev–Trinajstić information content (AvgIpc) is 2.39. The number of piperidine rings is 1. The van der Waals surface area contributed by atoms with Gasteiger partial charge in [-0.05, 0) is 32.0 Å². The van der Waals surface area contributed by atoms with Crippen molar-refractivity contribution in [2.75, 3.05) is 20.1 Å². The number of benzene rings is 1. The van der Waals surface area contributed by atoms with Gasteiger partial charge in [-0.1, -0.05) is 30.3 Å². The van der Waals surface area contributed by atoms with Crippen molar-refractivity contribution in [3.63, 3.8) is 0 Å². The van der Waals surface area contributed by atoms with Gasteiger partial charge in [-0.15, -0.1) is 0 Å². The molecule has 1 aromatic rings. The SMILES string of the molecule is CN1CCC[C@@H](NC(=O)[C@H](O)c2ccccc2)C1. The monoisotopic (exact) mass is 248 g/mol. The Bertz CT molecular complexity index is 394. The van der Waals surface area contributed by atoms with Crippen molar-refractivity contribution in [1.82, 2.24) is 10.2 Å². The first-order valence-electron chi connectivity index (χ1n) is 6.39. The highest BCUT2D eigenvalue weighted by Gasteiger charge is 2.23. The molecule has 2 atom stereocenters. The fraction of sp³-hybridized carbons (Fsp3) is 0.500. The summed E-state index contributed by atoms with van der Waals surface area (Å²) in [5, 5.41) is 12.9. The first-order chi connectivity index (χ1) is 8.66. The third-order valence-corrected chi connectivity index (χ3v) is 3.33. The number of likely N-dealkylation sites (tertiary alicyclic amines) is 1. The van der Waals surface area contributed by atoms with Gasteiger partial charge in [0.1, 0.15) is 0 Å². The molecule has 1 heterocycles. The summed E-state index contributed by atoms with van der Waals surface area (Å²) in [7, 11) is 2.05. The van der Waals surface area contributed by atoms with Crippen LogP contribution in [-0.4, -0.2) is 42.1 Å². The third-order valence-electron chi connectivity index (χ3n) is 3.33. The van der Waals surface area contributed by atoms with Crippen LogP contribution < -0.4 is 5.32 Å². The van der Waals surface area contributed by atoms with Crippen LogP contribution in [0.5, 0.6) is 0 Å². The van der Waals surface area contributed by atoms with Crippen LogP contribution in [0.4, 0.5) is 0 Å². The molecule has 1 fully saturated rings. The summed E-state index contributed by atoms with van der Waals surface area (Å²) in [5.74, 6) is -0.304. The fourth-order valence-electron chi connectivity index (χ4n) is 2.35. The number of aliphatic hydroxyl groups is 1. The molecule has 4 nitrogen and oxygen atoms in total. The smallest absolute Gasteiger partial charge is 0.253 e. The summed E-state index contributed by atoms with van der Waals surface area (Å²) in [6.45, 7) is 1.93. The number of rotatable bonds is 3. The molecule has 2 rings (SSSR count). The molecule has 1 amide bonds. The van der Waals surface area contributed by atoms with E-state index >= 15 is 0 Å². The summed E-state index contributed by atoms with van der Waals surface area (Å²) in [4.78, 5) is 14.1. The van der Waals surface area contributed by atoms with E-state index in [0.717, 1.165) is 25.9 Å². The number of aliphatic hydroxyl groups excluding tert-OH is 1. The molecule has 1 aliphatic heterocycles. The van der Waals surface area contributed by atoms with Gasteiger partial charge in [0.2, 0.25) is 0 Å². The van der Waals surface area contributed by atoms with Crippen molar-refractivity contribution >= 4 is 5.91 Å². The van der Waals surface area contributed by atoms with E-state index in [1.165, 1.54) is 0 Å². The maximum Gasteiger partial charge on any atom is 0.253 e. The van der Waals surface area contributed by atoms with Crippen molar-refractivity contribution < 1.29 is 9.90 Å². The molecule has 0 aliphatic carbocycles. The normalized spacial score (nSPS) is 22.4. The van der Waals surface area contributed by atoms with Crippen molar-refractivity contribution in [2.24, 2.45) is 0 Å². The lowest BCUT2D eigenvalue weighted by atomic mass is 10.0. The second-order valence-electron chi connectivity index (χ2n) is 4.92. The minimum absolute atomic E-state index is 0.148. The molecule has 98 valence electrons. The first kappa shape index (κ1) is 13.1. The molecule has 0 spiro atoms. The van der Waals surface area contributed by atoms with Gasteiger partial charge < -0.3 is 15.3 Å². The van der Waals surface area contributed by atoms with Gasteiger partial charge in [0.15, 0.2) is 6.10 Å². The van der Waals surface area contributed by atoms with Gasteiger partial charge >= 0.3 is 0 Å². The minimum Gasteiger partial charge on any atom is -0.378 e. The molecule has 1 aliphatic rings. The standard InChI is InChI=1S/C14H20N2O2/c1-16-9-5-8-12(10-16)15-14(18)13(17)11-6-3-2-4-7-11/h2-4,6-7,12-13,17H,5,8-10H2,1H3,(H,15,18)/t12-,13-/m1/s1. The second-order valence-corrected chi connectivity index (χ2v) is 4.92. The molecule has 1 saturated heterocycles. The third kappa shape index (κ3) is 3.31. The number of likely N-dealkylation sites (N-methyl/N-ethyl adjacent to an activating group) is 1. The van der Waals surface area contributed by atoms with E-state index in [0.29, 0.717) is 5.56 Å². The molecule has 18 heavy (non-hydrogen) atoms. The van der Waals surface area contributed by atoms with Crippen LogP contribution in [0.2, 0.25) is 0 Å². The van der Waals surface area contributed by atoms with E-state index in [-0.39, 0.29) is 11.9 Å². The molecular weight excluding hydrogens is 228 g/mol. The highest BCUT2D eigenvalue weighted by Crippen LogP contribution is 2.14. The highest BCUT2D eigenvalue weighted by atomic mass is 16.3. The Morgan fingerprint density at radius 1 is 1.44 bits per heavy atom. The lowest BCUT2D eigenvalue weighted by Crippen LogP contribution is -2.47. The summed E-state index contributed by atoms with van der Waals surface area (Å²) in [6.07, 6.45) is 0.999. The van der Waals surface area contributed by atoms with Crippen molar-refractivity contribution in [3.05, 3.63) is 35.9 Å². The molecular formula is C14H20N2O2. The Hall–Kier alpha value is -1.39. The lowest BCUT2D eigenvalue weighted by Gasteiger charge is -2.30. The molecule has 0 aromatic heterocycles. The van der Waals surface area contributed by atoms with Crippen LogP contribution in [0.15, 0.2) is 30.3 Å². The zero-order valence-corrected chi connectivity index (χ0v) is 10.7. The van der Waals surface area contributed by atoms with Gasteiger partial charge in [-0.25, -0.2) is 0 Å². The number of amides is 1. The minimum atomic E-state index is -1.07. The molecule has 4 heteroatoms. The Morgan fingerprint density at radius 3 is 2.83 bits per heavy atom. The summed E-state index contributed by atoms with van der Waals surface area (Å²) < 4.78 is 0. The van der Waals surface area contributed by atoms with Gasteiger partial charge in [-0.3, -0.25) is 4.79 Å². The maximum atomic E-state index is 11.9. The molecule has 0 saturated carbocycles. The summed E-state index contributed by atoms with van der Waals surface area (Å²) in [6, 6.07) is 9.17. The van der Waals surface area contributed by atoms with E-state index in [4.69, 9.17) is 0 Å². The Balaban J connectivity index is 1.91. The van der Waals surface area contributed by atoms with Crippen molar-refractivity contribution in [2.45, 2.75) is 25.0 Å². The van der Waals surface area contributed by atoms with Crippen LogP contribution in [0.25, 0.3) is 0 Å². The van der Waals surface area contributed by atoms with Crippen LogP contribution >= 0.6 is 0 Å². The van der Waals surface area contributed by atoms with Crippen LogP contribution in [0, 0.1) is 0 Å². The number of nitrogens with zero attached hydrogens (tertiary/aromatic N) is 1. The zero-order valence-electron chi connectivity index (χ0n) is 10.7. The molecule has 1 aromatic carbocycles. The number of nitrogens with one attached hydrogen (secondary N) is 1. The molecule has 0 radical (unpaired) electrons. The van der Waals surface area contributed by atoms with Gasteiger partial charge in [0.25, 0.3) is 5.91 Å². The topological polar surface area (TPSA) is 52.6 Å². The molecule has 0 bridgehead atoms. The molecule has 2 N–H and O–H groups in total. The van der Waals surface area contributed by atoms with Crippen molar-refractivity contribution in [3.8, 4) is 0 Å². The predicted molar refractivity (Wildman–Crippen MR) is 70.1 cm³/mol. The van der Waals surface area contributed by atoms with E-state index in [1.807, 2.05) is 25.2 Å². The van der Waals surface area contributed by atoms with Crippen LogP contribution in [0.3, 0.4) is 0 Å². The lowest BCUT2D eigenvalue weighted by molar-refractivity contribution is -0.130. The van der Waals surface area contributed by atoms with Gasteiger partial charge in [0, 0.05) is 12.6 Å². The van der Waals surface area contributed by atoms with Crippen LogP contribution in [0.1, 0.15) is 24.5 Å². The quantitative estimate of drug-likeness (QED) is 0.836. The zero-order chi connectivity index (χ0) is 13.0. The van der Waals surface area contributed by atoms with E-state index in [2.05, 4.69) is 10.2 Å². The Kier molecular flexibility index (Phi) is 4.33. The van der Waals surface area contributed by atoms with Crippen LogP contribution in [-0.2, 0) is 4.79 Å². The predicted octanol–water partition coefficient (Wildman–Crippen LogP) is 0.930. The largest absolute Gasteiger partial charge is 0.378 e. The van der Waals surface area contributed by atoms with Crippen molar-refractivity contribution in [1.29, 1.82) is 0 Å². The number of hydrogen-bond acceptors (Lipinski definition) is 3. The van der Waals surface area contributed by atoms with E-state index < -0.39 is 6.10 Å². The van der Waals surface area contributed by atoms with Gasteiger partial charge in [0.05, 0.1) is 0 Å². The Labute approximate surface area is 108 Å². The van der Waals surface area contributed by atoms with E-state index in [1.54, 1.807) is 12.1 Å². The molecule has 0 unspecified atom stereocenters. The fourth-order valence-corrected chi connectivity index (χ4v) is 2.35.